The van der Waals surface area contributed by atoms with Crippen molar-refractivity contribution in [2.45, 2.75) is 45.1 Å². The predicted octanol–water partition coefficient (Wildman–Crippen LogP) is 5.75. The van der Waals surface area contributed by atoms with Gasteiger partial charge in [-0.1, -0.05) is 24.6 Å². The molecule has 150 valence electrons. The lowest BCUT2D eigenvalue weighted by Crippen LogP contribution is -2.48. The van der Waals surface area contributed by atoms with E-state index >= 15 is 0 Å². The van der Waals surface area contributed by atoms with Crippen LogP contribution in [0.5, 0.6) is 11.5 Å². The Bertz CT molecular complexity index is 986. The van der Waals surface area contributed by atoms with Crippen molar-refractivity contribution in [1.82, 2.24) is 0 Å². The first kappa shape index (κ1) is 19.4. The van der Waals surface area contributed by atoms with Gasteiger partial charge in [-0.2, -0.15) is 5.26 Å². The molecule has 2 aliphatic rings. The summed E-state index contributed by atoms with van der Waals surface area (Å²) < 4.78 is 11.9. The molecular weight excluding hydrogens is 360 g/mol. The minimum Gasteiger partial charge on any atom is -0.496 e. The van der Waals surface area contributed by atoms with Crippen LogP contribution < -0.4 is 14.8 Å². The zero-order valence-corrected chi connectivity index (χ0v) is 17.6. The van der Waals surface area contributed by atoms with Crippen molar-refractivity contribution in [2.75, 3.05) is 19.0 Å². The van der Waals surface area contributed by atoms with Crippen molar-refractivity contribution in [3.05, 3.63) is 64.7 Å². The molecule has 0 amide bonds. The topological polar surface area (TPSA) is 54.3 Å². The summed E-state index contributed by atoms with van der Waals surface area (Å²) in [5.74, 6) is 1.98. The van der Waals surface area contributed by atoms with Gasteiger partial charge in [0.15, 0.2) is 0 Å². The maximum Gasteiger partial charge on any atom is 0.128 e. The third-order valence-electron chi connectivity index (χ3n) is 6.49. The molecule has 0 saturated heterocycles. The number of hydrogen-bond donors (Lipinski definition) is 1. The van der Waals surface area contributed by atoms with Crippen LogP contribution >= 0.6 is 0 Å². The number of methoxy groups -OCH3 is 1. The van der Waals surface area contributed by atoms with Gasteiger partial charge in [0.1, 0.15) is 11.5 Å². The van der Waals surface area contributed by atoms with E-state index in [1.165, 1.54) is 11.1 Å². The van der Waals surface area contributed by atoms with Gasteiger partial charge in [0, 0.05) is 17.0 Å². The molecule has 29 heavy (non-hydrogen) atoms. The van der Waals surface area contributed by atoms with Crippen molar-refractivity contribution in [1.29, 1.82) is 5.26 Å². The molecule has 1 N–H and O–H groups in total. The van der Waals surface area contributed by atoms with Gasteiger partial charge >= 0.3 is 0 Å². The minimum atomic E-state index is -0.122. The second kappa shape index (κ2) is 7.48. The van der Waals surface area contributed by atoms with E-state index in [0.717, 1.165) is 35.6 Å². The lowest BCUT2D eigenvalue weighted by molar-refractivity contribution is 0.118. The molecule has 4 heteroatoms. The maximum absolute atomic E-state index is 9.47. The van der Waals surface area contributed by atoms with E-state index in [0.29, 0.717) is 12.2 Å². The zero-order chi connectivity index (χ0) is 20.6. The molecule has 2 aromatic carbocycles. The van der Waals surface area contributed by atoms with Crippen LogP contribution in [0.4, 0.5) is 5.69 Å². The monoisotopic (exact) mass is 388 g/mol. The summed E-state index contributed by atoms with van der Waals surface area (Å²) in [6.45, 7) is 7.24. The third kappa shape index (κ3) is 3.25. The lowest BCUT2D eigenvalue weighted by atomic mass is 9.62. The van der Waals surface area contributed by atoms with Crippen molar-refractivity contribution in [3.63, 3.8) is 0 Å². The second-order valence-corrected chi connectivity index (χ2v) is 8.52. The summed E-state index contributed by atoms with van der Waals surface area (Å²) in [5.41, 5.74) is 5.31. The van der Waals surface area contributed by atoms with Gasteiger partial charge in [0.25, 0.3) is 0 Å². The van der Waals surface area contributed by atoms with Crippen molar-refractivity contribution in [3.8, 4) is 17.6 Å². The van der Waals surface area contributed by atoms with E-state index in [4.69, 9.17) is 9.47 Å². The van der Waals surface area contributed by atoms with Crippen molar-refractivity contribution in [2.24, 2.45) is 5.92 Å². The van der Waals surface area contributed by atoms with Gasteiger partial charge in [-0.15, -0.1) is 0 Å². The molecule has 0 fully saturated rings. The van der Waals surface area contributed by atoms with E-state index in [9.17, 15) is 5.26 Å². The molecule has 4 rings (SSSR count). The van der Waals surface area contributed by atoms with Gasteiger partial charge in [0.2, 0.25) is 0 Å². The van der Waals surface area contributed by atoms with E-state index in [2.05, 4.69) is 44.3 Å². The SMILES string of the molecule is COc1cccc2c1C1Nc3ccc(C#N)cc3C(C)(CCC=C(C)C)C1CO2. The zero-order valence-electron chi connectivity index (χ0n) is 17.6. The standard InChI is InChI=1S/C25H28N2O2/c1-16(2)7-6-12-25(3)18-13-17(14-26)10-11-20(18)27-24-19(25)15-29-22-9-5-8-21(28-4)23(22)24/h5,7-11,13,19,24,27H,6,12,15H2,1-4H3. The normalized spacial score (nSPS) is 24.0. The summed E-state index contributed by atoms with van der Waals surface area (Å²) >= 11 is 0. The number of nitriles is 1. The molecule has 2 heterocycles. The number of rotatable bonds is 4. The maximum atomic E-state index is 9.47. The summed E-state index contributed by atoms with van der Waals surface area (Å²) in [5, 5.41) is 13.2. The fourth-order valence-corrected chi connectivity index (χ4v) is 4.90. The molecule has 3 unspecified atom stereocenters. The average Bonchev–Trinajstić information content (AvgIpc) is 2.72. The Morgan fingerprint density at radius 2 is 2.17 bits per heavy atom. The van der Waals surface area contributed by atoms with Crippen molar-refractivity contribution < 1.29 is 9.47 Å². The number of ether oxygens (including phenoxy) is 2. The van der Waals surface area contributed by atoms with E-state index in [1.807, 2.05) is 30.3 Å². The number of hydrogen-bond acceptors (Lipinski definition) is 4. The number of anilines is 1. The Labute approximate surface area is 173 Å². The first-order valence-corrected chi connectivity index (χ1v) is 10.2. The van der Waals surface area contributed by atoms with Crippen LogP contribution in [0.3, 0.4) is 0 Å². The van der Waals surface area contributed by atoms with E-state index in [-0.39, 0.29) is 17.4 Å². The molecule has 4 nitrogen and oxygen atoms in total. The molecular formula is C25H28N2O2. The summed E-state index contributed by atoms with van der Waals surface area (Å²) in [6, 6.07) is 14.4. The number of allylic oxidation sites excluding steroid dienone is 2. The Morgan fingerprint density at radius 1 is 1.34 bits per heavy atom. The fraction of sp³-hybridized carbons (Fsp3) is 0.400. The number of fused-ring (bicyclic) bond motifs is 4. The Balaban J connectivity index is 1.85. The highest BCUT2D eigenvalue weighted by atomic mass is 16.5. The quantitative estimate of drug-likeness (QED) is 0.678. The van der Waals surface area contributed by atoms with Crippen LogP contribution in [0.25, 0.3) is 0 Å². The van der Waals surface area contributed by atoms with E-state index < -0.39 is 0 Å². The summed E-state index contributed by atoms with van der Waals surface area (Å²) in [4.78, 5) is 0. The van der Waals surface area contributed by atoms with Crippen LogP contribution in [0.2, 0.25) is 0 Å². The Hall–Kier alpha value is -2.93. The fourth-order valence-electron chi connectivity index (χ4n) is 4.90. The highest BCUT2D eigenvalue weighted by molar-refractivity contribution is 5.64. The van der Waals surface area contributed by atoms with Crippen LogP contribution in [-0.2, 0) is 5.41 Å². The highest BCUT2D eigenvalue weighted by Crippen LogP contribution is 2.55. The smallest absolute Gasteiger partial charge is 0.128 e. The van der Waals surface area contributed by atoms with Gasteiger partial charge < -0.3 is 14.8 Å². The third-order valence-corrected chi connectivity index (χ3v) is 6.49. The van der Waals surface area contributed by atoms with Gasteiger partial charge in [0.05, 0.1) is 37.0 Å². The first-order valence-electron chi connectivity index (χ1n) is 10.2. The largest absolute Gasteiger partial charge is 0.496 e. The van der Waals surface area contributed by atoms with Crippen LogP contribution in [0.15, 0.2) is 48.0 Å². The molecule has 0 bridgehead atoms. The minimum absolute atomic E-state index is 0.104. The van der Waals surface area contributed by atoms with Crippen LogP contribution in [0, 0.1) is 17.2 Å². The molecule has 3 atom stereocenters. The van der Waals surface area contributed by atoms with Gasteiger partial charge in [-0.3, -0.25) is 0 Å². The molecule has 0 aliphatic carbocycles. The number of nitrogens with one attached hydrogen (secondary N) is 1. The molecule has 0 spiro atoms. The van der Waals surface area contributed by atoms with E-state index in [1.54, 1.807) is 7.11 Å². The Kier molecular flexibility index (Phi) is 5.00. The van der Waals surface area contributed by atoms with Gasteiger partial charge in [-0.05, 0) is 62.6 Å². The molecule has 2 aromatic rings. The summed E-state index contributed by atoms with van der Waals surface area (Å²) in [7, 11) is 1.71. The summed E-state index contributed by atoms with van der Waals surface area (Å²) in [6.07, 6.45) is 4.29. The first-order chi connectivity index (χ1) is 14.0. The van der Waals surface area contributed by atoms with Crippen LogP contribution in [0.1, 0.15) is 56.3 Å². The molecule has 0 aromatic heterocycles. The Morgan fingerprint density at radius 3 is 2.90 bits per heavy atom. The predicted molar refractivity (Wildman–Crippen MR) is 116 cm³/mol. The second-order valence-electron chi connectivity index (χ2n) is 8.52. The molecule has 0 saturated carbocycles. The van der Waals surface area contributed by atoms with Crippen molar-refractivity contribution >= 4 is 5.69 Å². The number of benzene rings is 2. The lowest BCUT2D eigenvalue weighted by Gasteiger charge is -2.50. The average molecular weight is 389 g/mol. The number of nitrogens with zero attached hydrogens (tertiary/aromatic N) is 1. The molecule has 0 radical (unpaired) electrons. The molecule has 2 aliphatic heterocycles. The van der Waals surface area contributed by atoms with Crippen LogP contribution in [-0.4, -0.2) is 13.7 Å². The van der Waals surface area contributed by atoms with Gasteiger partial charge in [-0.25, -0.2) is 0 Å². The highest BCUT2D eigenvalue weighted by Gasteiger charge is 2.49.